The summed E-state index contributed by atoms with van der Waals surface area (Å²) in [5.74, 6) is -2.62. The third-order valence-electron chi connectivity index (χ3n) is 3.96. The van der Waals surface area contributed by atoms with Crippen LogP contribution in [0.2, 0.25) is 0 Å². The highest BCUT2D eigenvalue weighted by Crippen LogP contribution is 2.39. The summed E-state index contributed by atoms with van der Waals surface area (Å²) in [5, 5.41) is 39.4. The molecule has 6 nitrogen and oxygen atoms in total. The van der Waals surface area contributed by atoms with Gasteiger partial charge < -0.3 is 20.4 Å². The van der Waals surface area contributed by atoms with E-state index in [1.807, 2.05) is 0 Å². The molecule has 2 aromatic rings. The summed E-state index contributed by atoms with van der Waals surface area (Å²) in [5.41, 5.74) is -0.342. The average Bonchev–Trinajstić information content (AvgIpc) is 2.50. The number of phenols is 3. The standard InChI is InChI=1S/C17H14O6/c1-2-11(19)7-3-9-14(12(20)4-7)17(23)15-10(16(9)22)5-8(18)6-13(15)21/h3-6,11,18-21H,2H2,1H3/t11-/m1/s1. The van der Waals surface area contributed by atoms with Gasteiger partial charge in [-0.15, -0.1) is 0 Å². The summed E-state index contributed by atoms with van der Waals surface area (Å²) >= 11 is 0. The van der Waals surface area contributed by atoms with E-state index in [0.717, 1.165) is 12.1 Å². The molecule has 0 saturated carbocycles. The van der Waals surface area contributed by atoms with Gasteiger partial charge >= 0.3 is 0 Å². The van der Waals surface area contributed by atoms with E-state index < -0.39 is 29.2 Å². The maximum atomic E-state index is 12.6. The normalized spacial score (nSPS) is 14.3. The number of carbonyl (C=O) groups excluding carboxylic acids is 2. The molecule has 0 radical (unpaired) electrons. The Morgan fingerprint density at radius 3 is 2.04 bits per heavy atom. The number of fused-ring (bicyclic) bond motifs is 2. The first kappa shape index (κ1) is 15.1. The van der Waals surface area contributed by atoms with Gasteiger partial charge in [-0.2, -0.15) is 0 Å². The van der Waals surface area contributed by atoms with Gasteiger partial charge in [0.1, 0.15) is 17.2 Å². The number of phenolic OH excluding ortho intramolecular Hbond substituents is 3. The second-order valence-corrected chi connectivity index (χ2v) is 5.43. The summed E-state index contributed by atoms with van der Waals surface area (Å²) in [4.78, 5) is 25.1. The van der Waals surface area contributed by atoms with Gasteiger partial charge in [0, 0.05) is 17.2 Å². The van der Waals surface area contributed by atoms with Crippen LogP contribution >= 0.6 is 0 Å². The Morgan fingerprint density at radius 1 is 0.870 bits per heavy atom. The molecule has 23 heavy (non-hydrogen) atoms. The molecule has 118 valence electrons. The van der Waals surface area contributed by atoms with Crippen molar-refractivity contribution in [1.82, 2.24) is 0 Å². The van der Waals surface area contributed by atoms with E-state index in [9.17, 15) is 30.0 Å². The van der Waals surface area contributed by atoms with Crippen LogP contribution in [0, 0.1) is 0 Å². The van der Waals surface area contributed by atoms with E-state index in [-0.39, 0.29) is 28.0 Å². The van der Waals surface area contributed by atoms with Crippen LogP contribution in [0.5, 0.6) is 17.2 Å². The number of aromatic hydroxyl groups is 3. The predicted molar refractivity (Wildman–Crippen MR) is 80.0 cm³/mol. The van der Waals surface area contributed by atoms with Crippen molar-refractivity contribution in [3.8, 4) is 17.2 Å². The molecular formula is C17H14O6. The van der Waals surface area contributed by atoms with Gasteiger partial charge in [-0.05, 0) is 30.2 Å². The number of ketones is 2. The fourth-order valence-corrected chi connectivity index (χ4v) is 2.79. The molecule has 6 heteroatoms. The van der Waals surface area contributed by atoms with Crippen LogP contribution in [0.15, 0.2) is 24.3 Å². The molecule has 0 heterocycles. The first-order valence-corrected chi connectivity index (χ1v) is 7.05. The second-order valence-electron chi connectivity index (χ2n) is 5.43. The zero-order valence-corrected chi connectivity index (χ0v) is 12.2. The number of aliphatic hydroxyl groups is 1. The zero-order valence-electron chi connectivity index (χ0n) is 12.2. The van der Waals surface area contributed by atoms with Crippen molar-refractivity contribution in [2.75, 3.05) is 0 Å². The van der Waals surface area contributed by atoms with E-state index >= 15 is 0 Å². The molecule has 0 saturated heterocycles. The first-order valence-electron chi connectivity index (χ1n) is 7.05. The number of carbonyl (C=O) groups is 2. The van der Waals surface area contributed by atoms with Crippen molar-refractivity contribution in [1.29, 1.82) is 0 Å². The molecule has 0 aromatic heterocycles. The topological polar surface area (TPSA) is 115 Å². The van der Waals surface area contributed by atoms with Crippen LogP contribution in [0.4, 0.5) is 0 Å². The Labute approximate surface area is 131 Å². The van der Waals surface area contributed by atoms with Gasteiger partial charge in [0.25, 0.3) is 0 Å². The fourth-order valence-electron chi connectivity index (χ4n) is 2.79. The molecule has 4 N–H and O–H groups in total. The van der Waals surface area contributed by atoms with Gasteiger partial charge in [-0.1, -0.05) is 6.92 Å². The van der Waals surface area contributed by atoms with E-state index in [2.05, 4.69) is 0 Å². The first-order chi connectivity index (χ1) is 10.8. The van der Waals surface area contributed by atoms with Crippen LogP contribution < -0.4 is 0 Å². The lowest BCUT2D eigenvalue weighted by atomic mass is 9.81. The highest BCUT2D eigenvalue weighted by atomic mass is 16.3. The highest BCUT2D eigenvalue weighted by Gasteiger charge is 2.35. The van der Waals surface area contributed by atoms with Gasteiger partial charge in [-0.25, -0.2) is 0 Å². The summed E-state index contributed by atoms with van der Waals surface area (Å²) in [6.07, 6.45) is -0.508. The van der Waals surface area contributed by atoms with E-state index in [1.54, 1.807) is 6.92 Å². The minimum absolute atomic E-state index is 0.0602. The Hall–Kier alpha value is -2.86. The summed E-state index contributed by atoms with van der Waals surface area (Å²) < 4.78 is 0. The minimum Gasteiger partial charge on any atom is -0.508 e. The molecule has 1 aliphatic rings. The fraction of sp³-hybridized carbons (Fsp3) is 0.176. The van der Waals surface area contributed by atoms with Gasteiger partial charge in [0.05, 0.1) is 17.2 Å². The summed E-state index contributed by atoms with van der Waals surface area (Å²) in [6.45, 7) is 1.74. The van der Waals surface area contributed by atoms with E-state index in [0.29, 0.717) is 12.0 Å². The molecule has 0 fully saturated rings. The van der Waals surface area contributed by atoms with E-state index in [4.69, 9.17) is 0 Å². The Morgan fingerprint density at radius 2 is 1.43 bits per heavy atom. The van der Waals surface area contributed by atoms with Crippen molar-refractivity contribution >= 4 is 11.6 Å². The molecular weight excluding hydrogens is 300 g/mol. The monoisotopic (exact) mass is 314 g/mol. The van der Waals surface area contributed by atoms with Crippen LogP contribution in [0.25, 0.3) is 0 Å². The molecule has 2 aromatic carbocycles. The predicted octanol–water partition coefficient (Wildman–Crippen LogP) is 2.02. The number of hydrogen-bond acceptors (Lipinski definition) is 6. The Kier molecular flexibility index (Phi) is 3.34. The largest absolute Gasteiger partial charge is 0.508 e. The van der Waals surface area contributed by atoms with E-state index in [1.165, 1.54) is 12.1 Å². The molecule has 3 rings (SSSR count). The molecule has 0 aliphatic heterocycles. The molecule has 0 spiro atoms. The highest BCUT2D eigenvalue weighted by molar-refractivity contribution is 6.30. The van der Waals surface area contributed by atoms with Crippen molar-refractivity contribution in [2.45, 2.75) is 19.4 Å². The van der Waals surface area contributed by atoms with Crippen LogP contribution in [-0.4, -0.2) is 32.0 Å². The Balaban J connectivity index is 2.29. The lowest BCUT2D eigenvalue weighted by Gasteiger charge is -2.21. The number of benzene rings is 2. The van der Waals surface area contributed by atoms with Gasteiger partial charge in [-0.3, -0.25) is 9.59 Å². The number of hydrogen-bond donors (Lipinski definition) is 4. The molecule has 1 atom stereocenters. The molecule has 1 aliphatic carbocycles. The SMILES string of the molecule is CC[C@@H](O)c1cc(O)c2c(c1)C(=O)c1cc(O)cc(O)c1C2=O. The maximum Gasteiger partial charge on any atom is 0.201 e. The molecule has 0 amide bonds. The summed E-state index contributed by atoms with van der Waals surface area (Å²) in [7, 11) is 0. The molecule has 0 bridgehead atoms. The van der Waals surface area contributed by atoms with Crippen LogP contribution in [0.1, 0.15) is 56.9 Å². The number of rotatable bonds is 2. The van der Waals surface area contributed by atoms with Crippen LogP contribution in [-0.2, 0) is 0 Å². The molecule has 0 unspecified atom stereocenters. The minimum atomic E-state index is -0.881. The third kappa shape index (κ3) is 2.15. The number of aliphatic hydroxyl groups excluding tert-OH is 1. The van der Waals surface area contributed by atoms with Crippen molar-refractivity contribution in [3.63, 3.8) is 0 Å². The van der Waals surface area contributed by atoms with Gasteiger partial charge in [0.2, 0.25) is 5.78 Å². The summed E-state index contributed by atoms with van der Waals surface area (Å²) in [6, 6.07) is 4.65. The van der Waals surface area contributed by atoms with Crippen LogP contribution in [0.3, 0.4) is 0 Å². The van der Waals surface area contributed by atoms with Crippen molar-refractivity contribution in [2.24, 2.45) is 0 Å². The maximum absolute atomic E-state index is 12.6. The van der Waals surface area contributed by atoms with Gasteiger partial charge in [0.15, 0.2) is 5.78 Å². The quantitative estimate of drug-likeness (QED) is 0.575. The second kappa shape index (κ2) is 5.10. The van der Waals surface area contributed by atoms with Crippen molar-refractivity contribution < 1.29 is 30.0 Å². The Bertz CT molecular complexity index is 853. The zero-order chi connectivity index (χ0) is 16.9. The smallest absolute Gasteiger partial charge is 0.201 e. The van der Waals surface area contributed by atoms with Crippen molar-refractivity contribution in [3.05, 3.63) is 52.1 Å². The lowest BCUT2D eigenvalue weighted by molar-refractivity contribution is 0.0973. The third-order valence-corrected chi connectivity index (χ3v) is 3.96. The lowest BCUT2D eigenvalue weighted by Crippen LogP contribution is -2.21. The average molecular weight is 314 g/mol.